The summed E-state index contributed by atoms with van der Waals surface area (Å²) in [6, 6.07) is 5.68. The molecule has 0 aliphatic heterocycles. The van der Waals surface area contributed by atoms with Crippen molar-refractivity contribution in [3.05, 3.63) is 35.9 Å². The first-order valence-electron chi connectivity index (χ1n) is 2.12. The number of hydrogen-bond acceptors (Lipinski definition) is 0. The fourth-order valence-corrected chi connectivity index (χ4v) is 0.391. The van der Waals surface area contributed by atoms with E-state index in [1.165, 1.54) is 6.07 Å². The fourth-order valence-electron chi connectivity index (χ4n) is 0.391. The third-order valence-corrected chi connectivity index (χ3v) is 0.764. The molecule has 1 aromatic carbocycles. The maximum absolute atomic E-state index is 11.9. The van der Waals surface area contributed by atoms with E-state index < -0.39 is 11.6 Å². The molecule has 5 heteroatoms. The van der Waals surface area contributed by atoms with Crippen molar-refractivity contribution in [2.24, 2.45) is 0 Å². The van der Waals surface area contributed by atoms with Crippen LogP contribution >= 0.6 is 17.0 Å². The SMILES string of the molecule is Br.Fc1c[c-]ccc1F.[Cl-].[Mg+2]. The summed E-state index contributed by atoms with van der Waals surface area (Å²) in [5.41, 5.74) is 0. The smallest absolute Gasteiger partial charge is 1.00 e. The summed E-state index contributed by atoms with van der Waals surface area (Å²) in [7, 11) is 0. The molecule has 0 spiro atoms. The van der Waals surface area contributed by atoms with Gasteiger partial charge < -0.3 is 12.4 Å². The minimum absolute atomic E-state index is 0. The number of rotatable bonds is 0. The van der Waals surface area contributed by atoms with Gasteiger partial charge in [-0.25, -0.2) is 4.39 Å². The Balaban J connectivity index is -0.000000213. The van der Waals surface area contributed by atoms with Crippen LogP contribution in [0.1, 0.15) is 0 Å². The molecule has 0 N–H and O–H groups in total. The van der Waals surface area contributed by atoms with Crippen LogP contribution in [0.25, 0.3) is 0 Å². The zero-order chi connectivity index (χ0) is 5.98. The molecule has 0 radical (unpaired) electrons. The molecule has 0 nitrogen and oxygen atoms in total. The van der Waals surface area contributed by atoms with Gasteiger partial charge in [0.2, 0.25) is 0 Å². The maximum atomic E-state index is 11.9. The van der Waals surface area contributed by atoms with Gasteiger partial charge in [0.25, 0.3) is 0 Å². The van der Waals surface area contributed by atoms with Crippen LogP contribution in [0, 0.1) is 17.7 Å². The second kappa shape index (κ2) is 8.71. The molecule has 0 saturated carbocycles. The van der Waals surface area contributed by atoms with Gasteiger partial charge in [0.1, 0.15) is 0 Å². The third kappa shape index (κ3) is 5.84. The van der Waals surface area contributed by atoms with E-state index in [9.17, 15) is 8.78 Å². The van der Waals surface area contributed by atoms with E-state index in [4.69, 9.17) is 0 Å². The van der Waals surface area contributed by atoms with Crippen molar-refractivity contribution in [3.63, 3.8) is 0 Å². The summed E-state index contributed by atoms with van der Waals surface area (Å²) in [6.45, 7) is 0. The summed E-state index contributed by atoms with van der Waals surface area (Å²) < 4.78 is 23.8. The van der Waals surface area contributed by atoms with Crippen molar-refractivity contribution < 1.29 is 21.2 Å². The molecule has 0 fully saturated rings. The van der Waals surface area contributed by atoms with Gasteiger partial charge in [-0.2, -0.15) is 12.1 Å². The molecule has 0 aliphatic rings. The minimum Gasteiger partial charge on any atom is -1.00 e. The Morgan fingerprint density at radius 3 is 2.00 bits per heavy atom. The van der Waals surface area contributed by atoms with Gasteiger partial charge in [0, 0.05) is 11.6 Å². The number of hydrogen-bond donors (Lipinski definition) is 0. The van der Waals surface area contributed by atoms with Crippen molar-refractivity contribution in [2.45, 2.75) is 0 Å². The normalized spacial score (nSPS) is 6.73. The molecule has 0 bridgehead atoms. The molecule has 1 aromatic rings. The van der Waals surface area contributed by atoms with Crippen LogP contribution in [0.2, 0.25) is 0 Å². The first-order chi connectivity index (χ1) is 3.80. The van der Waals surface area contributed by atoms with E-state index >= 15 is 0 Å². The van der Waals surface area contributed by atoms with Crippen LogP contribution < -0.4 is 12.4 Å². The second-order valence-corrected chi connectivity index (χ2v) is 1.34. The molecular formula is C6H4BrClF2Mg. The van der Waals surface area contributed by atoms with Gasteiger partial charge in [-0.05, 0) is 0 Å². The zero-order valence-corrected chi connectivity index (χ0v) is 9.36. The summed E-state index contributed by atoms with van der Waals surface area (Å²) in [5, 5.41) is 0. The molecule has 0 saturated heterocycles. The predicted octanol–water partition coefficient (Wildman–Crippen LogP) is -1.03. The van der Waals surface area contributed by atoms with E-state index in [1.54, 1.807) is 0 Å². The molecule has 0 amide bonds. The summed E-state index contributed by atoms with van der Waals surface area (Å²) >= 11 is 0. The topological polar surface area (TPSA) is 0 Å². The van der Waals surface area contributed by atoms with Crippen LogP contribution in [0.4, 0.5) is 8.78 Å². The van der Waals surface area contributed by atoms with E-state index in [0.717, 1.165) is 12.1 Å². The van der Waals surface area contributed by atoms with Crippen molar-refractivity contribution >= 4 is 40.0 Å². The first kappa shape index (κ1) is 17.6. The molecule has 58 valence electrons. The maximum Gasteiger partial charge on any atom is 2.00 e. The standard InChI is InChI=1S/C6H3F2.BrH.ClH.Mg/c7-5-3-1-2-4-6(5)8;;;/h1,3-4H;2*1H;/q-1;;;+2/p-1. The van der Waals surface area contributed by atoms with Crippen LogP contribution in [-0.2, 0) is 0 Å². The van der Waals surface area contributed by atoms with Crippen LogP contribution in [0.5, 0.6) is 0 Å². The molecule has 11 heavy (non-hydrogen) atoms. The number of halogens is 4. The van der Waals surface area contributed by atoms with Gasteiger partial charge in [-0.15, -0.1) is 29.1 Å². The van der Waals surface area contributed by atoms with Crippen LogP contribution in [0.15, 0.2) is 18.2 Å². The summed E-state index contributed by atoms with van der Waals surface area (Å²) in [6.07, 6.45) is 0. The zero-order valence-electron chi connectivity index (χ0n) is 5.48. The second-order valence-electron chi connectivity index (χ2n) is 1.34. The molecule has 1 rings (SSSR count). The Morgan fingerprint density at radius 2 is 1.73 bits per heavy atom. The van der Waals surface area contributed by atoms with Crippen LogP contribution in [-0.4, -0.2) is 23.1 Å². The van der Waals surface area contributed by atoms with Crippen molar-refractivity contribution in [3.8, 4) is 0 Å². The van der Waals surface area contributed by atoms with Gasteiger partial charge in [-0.1, -0.05) is 0 Å². The Hall–Kier alpha value is 0.616. The first-order valence-corrected chi connectivity index (χ1v) is 2.12. The number of benzene rings is 1. The average molecular weight is 254 g/mol. The third-order valence-electron chi connectivity index (χ3n) is 0.764. The summed E-state index contributed by atoms with van der Waals surface area (Å²) in [4.78, 5) is 0. The quantitative estimate of drug-likeness (QED) is 0.410. The molecule has 0 unspecified atom stereocenters. The monoisotopic (exact) mass is 252 g/mol. The van der Waals surface area contributed by atoms with Gasteiger partial charge in [-0.3, -0.25) is 4.39 Å². The molecular weight excluding hydrogens is 250 g/mol. The molecule has 0 atom stereocenters. The van der Waals surface area contributed by atoms with E-state index in [0.29, 0.717) is 0 Å². The van der Waals surface area contributed by atoms with Crippen molar-refractivity contribution in [2.75, 3.05) is 0 Å². The minimum atomic E-state index is -0.854. The Bertz CT molecular complexity index is 177. The molecule has 0 aliphatic carbocycles. The van der Waals surface area contributed by atoms with E-state index in [2.05, 4.69) is 6.07 Å². The Labute approximate surface area is 96.7 Å². The summed E-state index contributed by atoms with van der Waals surface area (Å²) in [5.74, 6) is -1.68. The fraction of sp³-hybridized carbons (Fsp3) is 0. The average Bonchev–Trinajstić information content (AvgIpc) is 1.77. The molecule has 0 heterocycles. The van der Waals surface area contributed by atoms with Crippen molar-refractivity contribution in [1.29, 1.82) is 0 Å². The van der Waals surface area contributed by atoms with Gasteiger partial charge in [0.05, 0.1) is 0 Å². The van der Waals surface area contributed by atoms with Crippen LogP contribution in [0.3, 0.4) is 0 Å². The van der Waals surface area contributed by atoms with Crippen molar-refractivity contribution in [1.82, 2.24) is 0 Å². The van der Waals surface area contributed by atoms with E-state index in [-0.39, 0.29) is 52.4 Å². The predicted molar refractivity (Wildman–Crippen MR) is 41.3 cm³/mol. The molecule has 0 aromatic heterocycles. The Kier molecular flexibility index (Phi) is 14.0. The van der Waals surface area contributed by atoms with E-state index in [1.807, 2.05) is 0 Å². The van der Waals surface area contributed by atoms with Gasteiger partial charge >= 0.3 is 23.1 Å². The Morgan fingerprint density at radius 1 is 1.18 bits per heavy atom. The largest absolute Gasteiger partial charge is 2.00 e. The van der Waals surface area contributed by atoms with Gasteiger partial charge in [0.15, 0.2) is 0 Å².